The molecule has 15 heavy (non-hydrogen) atoms. The molecule has 0 saturated carbocycles. The highest BCUT2D eigenvalue weighted by atomic mass is 16.5. The lowest BCUT2D eigenvalue weighted by Crippen LogP contribution is -2.15. The summed E-state index contributed by atoms with van der Waals surface area (Å²) in [4.78, 5) is 0. The van der Waals surface area contributed by atoms with Crippen LogP contribution in [0.5, 0.6) is 0 Å². The summed E-state index contributed by atoms with van der Waals surface area (Å²) in [5.41, 5.74) is 0.988. The third kappa shape index (κ3) is 2.42. The summed E-state index contributed by atoms with van der Waals surface area (Å²) in [6, 6.07) is 3.70. The molecule has 1 aliphatic rings. The number of rotatable bonds is 2. The van der Waals surface area contributed by atoms with Crippen LogP contribution in [-0.2, 0) is 4.74 Å². The van der Waals surface area contributed by atoms with Crippen LogP contribution in [0.3, 0.4) is 0 Å². The molecule has 2 heterocycles. The van der Waals surface area contributed by atoms with Crippen LogP contribution in [0.4, 0.5) is 5.82 Å². The first-order valence-corrected chi connectivity index (χ1v) is 4.96. The van der Waals surface area contributed by atoms with Gasteiger partial charge in [0, 0.05) is 19.1 Å². The van der Waals surface area contributed by atoms with Crippen molar-refractivity contribution in [2.45, 2.75) is 18.8 Å². The molecule has 1 aromatic rings. The van der Waals surface area contributed by atoms with E-state index in [-0.39, 0.29) is 0 Å². The minimum absolute atomic E-state index is 0.447. The predicted octanol–water partition coefficient (Wildman–Crippen LogP) is 1.26. The van der Waals surface area contributed by atoms with Gasteiger partial charge in [-0.15, -0.1) is 5.10 Å². The first-order valence-electron chi connectivity index (χ1n) is 4.96. The van der Waals surface area contributed by atoms with E-state index in [9.17, 15) is 0 Å². The Morgan fingerprint density at radius 3 is 2.73 bits per heavy atom. The summed E-state index contributed by atoms with van der Waals surface area (Å²) in [6.45, 7) is 1.59. The van der Waals surface area contributed by atoms with E-state index >= 15 is 0 Å². The number of nitriles is 1. The van der Waals surface area contributed by atoms with Crippen molar-refractivity contribution in [2.75, 3.05) is 18.5 Å². The van der Waals surface area contributed by atoms with Crippen LogP contribution in [0.1, 0.15) is 24.5 Å². The second kappa shape index (κ2) is 4.71. The molecule has 0 spiro atoms. The maximum Gasteiger partial charge on any atom is 0.182 e. The fourth-order valence-electron chi connectivity index (χ4n) is 1.68. The van der Waals surface area contributed by atoms with Crippen molar-refractivity contribution in [1.29, 1.82) is 5.26 Å². The highest BCUT2D eigenvalue weighted by Gasteiger charge is 2.17. The van der Waals surface area contributed by atoms with Crippen LogP contribution >= 0.6 is 0 Å². The van der Waals surface area contributed by atoms with Gasteiger partial charge in [0.1, 0.15) is 0 Å². The summed E-state index contributed by atoms with van der Waals surface area (Å²) in [6.07, 6.45) is 3.81. The fourth-order valence-corrected chi connectivity index (χ4v) is 1.68. The van der Waals surface area contributed by atoms with Crippen molar-refractivity contribution < 1.29 is 4.74 Å². The molecule has 1 aliphatic heterocycles. The van der Waals surface area contributed by atoms with Crippen molar-refractivity contribution >= 4 is 5.82 Å². The zero-order valence-corrected chi connectivity index (χ0v) is 8.31. The Kier molecular flexibility index (Phi) is 3.10. The van der Waals surface area contributed by atoms with Crippen LogP contribution < -0.4 is 5.32 Å². The molecule has 0 radical (unpaired) electrons. The van der Waals surface area contributed by atoms with E-state index in [0.29, 0.717) is 11.7 Å². The molecule has 2 rings (SSSR count). The summed E-state index contributed by atoms with van der Waals surface area (Å²) < 4.78 is 5.28. The number of hydrogen-bond donors (Lipinski definition) is 1. The monoisotopic (exact) mass is 204 g/mol. The number of aromatic nitrogens is 2. The predicted molar refractivity (Wildman–Crippen MR) is 54.1 cm³/mol. The summed E-state index contributed by atoms with van der Waals surface area (Å²) >= 11 is 0. The van der Waals surface area contributed by atoms with Gasteiger partial charge in [-0.25, -0.2) is 0 Å². The van der Waals surface area contributed by atoms with Crippen molar-refractivity contribution in [3.8, 4) is 6.19 Å². The summed E-state index contributed by atoms with van der Waals surface area (Å²) in [7, 11) is 0. The zero-order valence-electron chi connectivity index (χ0n) is 8.31. The molecule has 0 aliphatic carbocycles. The fraction of sp³-hybridized carbons (Fsp3) is 0.500. The van der Waals surface area contributed by atoms with Crippen molar-refractivity contribution in [2.24, 2.45) is 0 Å². The lowest BCUT2D eigenvalue weighted by molar-refractivity contribution is 0.0843. The molecule has 1 N–H and O–H groups in total. The molecule has 5 heteroatoms. The van der Waals surface area contributed by atoms with Crippen molar-refractivity contribution in [3.63, 3.8) is 0 Å². The van der Waals surface area contributed by atoms with Gasteiger partial charge in [0.25, 0.3) is 0 Å². The Balaban J connectivity index is 2.05. The van der Waals surface area contributed by atoms with E-state index in [1.165, 1.54) is 0 Å². The molecule has 0 unspecified atom stereocenters. The summed E-state index contributed by atoms with van der Waals surface area (Å²) in [5, 5.41) is 18.9. The van der Waals surface area contributed by atoms with E-state index in [0.717, 1.165) is 31.7 Å². The Morgan fingerprint density at radius 1 is 1.33 bits per heavy atom. The highest BCUT2D eigenvalue weighted by molar-refractivity contribution is 5.37. The Hall–Kier alpha value is -1.67. The quantitative estimate of drug-likeness (QED) is 0.580. The molecule has 78 valence electrons. The molecule has 0 atom stereocenters. The van der Waals surface area contributed by atoms with Gasteiger partial charge in [-0.3, -0.25) is 5.32 Å². The van der Waals surface area contributed by atoms with Crippen LogP contribution in [0.15, 0.2) is 12.1 Å². The molecule has 0 bridgehead atoms. The topological polar surface area (TPSA) is 70.8 Å². The lowest BCUT2D eigenvalue weighted by Gasteiger charge is -2.20. The van der Waals surface area contributed by atoms with E-state index < -0.39 is 0 Å². The maximum absolute atomic E-state index is 8.39. The minimum atomic E-state index is 0.447. The molecular weight excluding hydrogens is 192 g/mol. The molecule has 5 nitrogen and oxygen atoms in total. The van der Waals surface area contributed by atoms with Gasteiger partial charge in [-0.1, -0.05) is 0 Å². The van der Waals surface area contributed by atoms with E-state index in [1.54, 1.807) is 6.07 Å². The Bertz CT molecular complexity index is 351. The van der Waals surface area contributed by atoms with Crippen molar-refractivity contribution in [3.05, 3.63) is 17.8 Å². The van der Waals surface area contributed by atoms with Gasteiger partial charge < -0.3 is 4.74 Å². The molecule has 0 amide bonds. The molecule has 0 aromatic carbocycles. The first kappa shape index (κ1) is 9.87. The van der Waals surface area contributed by atoms with Crippen LogP contribution in [0.2, 0.25) is 0 Å². The second-order valence-electron chi connectivity index (χ2n) is 3.47. The lowest BCUT2D eigenvalue weighted by atomic mass is 9.96. The minimum Gasteiger partial charge on any atom is -0.381 e. The van der Waals surface area contributed by atoms with E-state index in [4.69, 9.17) is 10.00 Å². The number of anilines is 1. The Morgan fingerprint density at radius 2 is 2.13 bits per heavy atom. The molecular formula is C10H12N4O. The largest absolute Gasteiger partial charge is 0.381 e. The maximum atomic E-state index is 8.39. The van der Waals surface area contributed by atoms with E-state index in [2.05, 4.69) is 15.5 Å². The average Bonchev–Trinajstić information content (AvgIpc) is 2.32. The number of hydrogen-bond acceptors (Lipinski definition) is 5. The van der Waals surface area contributed by atoms with Crippen molar-refractivity contribution in [1.82, 2.24) is 10.2 Å². The van der Waals surface area contributed by atoms with Gasteiger partial charge in [-0.2, -0.15) is 10.4 Å². The van der Waals surface area contributed by atoms with E-state index in [1.807, 2.05) is 12.3 Å². The molecule has 1 aromatic heterocycles. The smallest absolute Gasteiger partial charge is 0.182 e. The van der Waals surface area contributed by atoms with Crippen LogP contribution in [0, 0.1) is 11.5 Å². The number of nitrogens with one attached hydrogen (secondary N) is 1. The zero-order chi connectivity index (χ0) is 10.5. The van der Waals surface area contributed by atoms with Crippen LogP contribution in [-0.4, -0.2) is 23.4 Å². The average molecular weight is 204 g/mol. The third-order valence-corrected chi connectivity index (χ3v) is 2.51. The van der Waals surface area contributed by atoms with Gasteiger partial charge in [0.15, 0.2) is 12.0 Å². The standard InChI is InChI=1S/C10H12N4O/c11-7-12-10-2-1-9(13-14-10)8-3-5-15-6-4-8/h1-2,8H,3-6H2,(H,12,14). The molecule has 1 fully saturated rings. The first-order chi connectivity index (χ1) is 7.40. The second-order valence-corrected chi connectivity index (χ2v) is 3.47. The van der Waals surface area contributed by atoms with Gasteiger partial charge in [-0.05, 0) is 25.0 Å². The Labute approximate surface area is 88.1 Å². The van der Waals surface area contributed by atoms with Gasteiger partial charge in [0.2, 0.25) is 0 Å². The SMILES string of the molecule is N#CNc1ccc(C2CCOCC2)nn1. The van der Waals surface area contributed by atoms with Gasteiger partial charge in [0.05, 0.1) is 5.69 Å². The molecule has 1 saturated heterocycles. The number of ether oxygens (including phenoxy) is 1. The highest BCUT2D eigenvalue weighted by Crippen LogP contribution is 2.24. The van der Waals surface area contributed by atoms with Gasteiger partial charge >= 0.3 is 0 Å². The normalized spacial score (nSPS) is 17.0. The number of nitrogens with zero attached hydrogens (tertiary/aromatic N) is 3. The third-order valence-electron chi connectivity index (χ3n) is 2.51. The van der Waals surface area contributed by atoms with Crippen LogP contribution in [0.25, 0.3) is 0 Å². The summed E-state index contributed by atoms with van der Waals surface area (Å²) in [5.74, 6) is 0.940.